The molecule has 11 heavy (non-hydrogen) atoms. The number of allylic oxidation sites excluding steroid dienone is 1. The number of epoxide rings is 1. The fourth-order valence-corrected chi connectivity index (χ4v) is 2.25. The number of ether oxygens (including phenoxy) is 1. The van der Waals surface area contributed by atoms with E-state index in [1.165, 1.54) is 25.7 Å². The summed E-state index contributed by atoms with van der Waals surface area (Å²) in [5.74, 6) is 1.55. The molecule has 0 aromatic carbocycles. The summed E-state index contributed by atoms with van der Waals surface area (Å²) in [6, 6.07) is 0. The molecule has 1 heteroatoms. The zero-order chi connectivity index (χ0) is 7.68. The molecule has 2 fully saturated rings. The molecule has 3 unspecified atom stereocenters. The maximum Gasteiger partial charge on any atom is 0.0843 e. The highest BCUT2D eigenvalue weighted by molar-refractivity contribution is 4.94. The van der Waals surface area contributed by atoms with Crippen LogP contribution in [0.4, 0.5) is 0 Å². The van der Waals surface area contributed by atoms with E-state index in [1.807, 2.05) is 0 Å². The topological polar surface area (TPSA) is 12.5 Å². The molecule has 0 bridgehead atoms. The molecule has 1 aliphatic carbocycles. The predicted octanol–water partition coefficient (Wildman–Crippen LogP) is 2.38. The van der Waals surface area contributed by atoms with Crippen molar-refractivity contribution in [3.8, 4) is 0 Å². The molecular formula is C10H16O. The van der Waals surface area contributed by atoms with Gasteiger partial charge in [-0.15, -0.1) is 6.58 Å². The summed E-state index contributed by atoms with van der Waals surface area (Å²) >= 11 is 0. The first-order valence-electron chi connectivity index (χ1n) is 4.66. The van der Waals surface area contributed by atoms with Crippen LogP contribution in [0.5, 0.6) is 0 Å². The monoisotopic (exact) mass is 152 g/mol. The molecule has 0 spiro atoms. The van der Waals surface area contributed by atoms with Gasteiger partial charge >= 0.3 is 0 Å². The van der Waals surface area contributed by atoms with E-state index in [0.29, 0.717) is 6.10 Å². The molecule has 1 heterocycles. The molecule has 2 aliphatic rings. The zero-order valence-electron chi connectivity index (χ0n) is 6.96. The third-order valence-corrected chi connectivity index (χ3v) is 3.01. The van der Waals surface area contributed by atoms with Gasteiger partial charge in [-0.1, -0.05) is 18.9 Å². The van der Waals surface area contributed by atoms with Crippen LogP contribution in [0.15, 0.2) is 12.7 Å². The molecule has 1 saturated heterocycles. The highest BCUT2D eigenvalue weighted by Gasteiger charge is 2.37. The normalized spacial score (nSPS) is 43.5. The van der Waals surface area contributed by atoms with Crippen molar-refractivity contribution in [2.45, 2.75) is 31.8 Å². The van der Waals surface area contributed by atoms with Gasteiger partial charge in [0.05, 0.1) is 12.7 Å². The SMILES string of the molecule is C=CC1CCCCC1C1CO1. The highest BCUT2D eigenvalue weighted by Crippen LogP contribution is 2.38. The second-order valence-electron chi connectivity index (χ2n) is 3.72. The van der Waals surface area contributed by atoms with Crippen LogP contribution in [-0.2, 0) is 4.74 Å². The third-order valence-electron chi connectivity index (χ3n) is 3.01. The Bertz CT molecular complexity index is 149. The van der Waals surface area contributed by atoms with Gasteiger partial charge < -0.3 is 4.74 Å². The quantitative estimate of drug-likeness (QED) is 0.437. The maximum absolute atomic E-state index is 5.33. The van der Waals surface area contributed by atoms with Gasteiger partial charge in [-0.2, -0.15) is 0 Å². The Labute approximate surface area is 68.4 Å². The summed E-state index contributed by atoms with van der Waals surface area (Å²) in [7, 11) is 0. The van der Waals surface area contributed by atoms with Crippen molar-refractivity contribution in [3.05, 3.63) is 12.7 Å². The minimum atomic E-state index is 0.596. The first kappa shape index (κ1) is 7.35. The van der Waals surface area contributed by atoms with Crippen molar-refractivity contribution in [2.24, 2.45) is 11.8 Å². The van der Waals surface area contributed by atoms with Crippen LogP contribution in [0.25, 0.3) is 0 Å². The maximum atomic E-state index is 5.33. The van der Waals surface area contributed by atoms with Crippen molar-refractivity contribution < 1.29 is 4.74 Å². The van der Waals surface area contributed by atoms with Gasteiger partial charge in [0.25, 0.3) is 0 Å². The molecule has 0 radical (unpaired) electrons. The van der Waals surface area contributed by atoms with Gasteiger partial charge in [-0.3, -0.25) is 0 Å². The van der Waals surface area contributed by atoms with Crippen LogP contribution >= 0.6 is 0 Å². The standard InChI is InChI=1S/C10H16O/c1-2-8-5-3-4-6-9(8)10-7-11-10/h2,8-10H,1,3-7H2. The Morgan fingerprint density at radius 1 is 1.27 bits per heavy atom. The molecule has 62 valence electrons. The predicted molar refractivity (Wildman–Crippen MR) is 45.4 cm³/mol. The second kappa shape index (κ2) is 2.98. The van der Waals surface area contributed by atoms with E-state index in [2.05, 4.69) is 12.7 Å². The van der Waals surface area contributed by atoms with E-state index in [-0.39, 0.29) is 0 Å². The molecular weight excluding hydrogens is 136 g/mol. The lowest BCUT2D eigenvalue weighted by molar-refractivity contribution is 0.219. The van der Waals surface area contributed by atoms with Gasteiger partial charge in [0.1, 0.15) is 0 Å². The summed E-state index contributed by atoms with van der Waals surface area (Å²) in [5.41, 5.74) is 0. The Morgan fingerprint density at radius 2 is 2.00 bits per heavy atom. The lowest BCUT2D eigenvalue weighted by Gasteiger charge is -2.27. The van der Waals surface area contributed by atoms with Crippen LogP contribution in [0, 0.1) is 11.8 Å². The molecule has 0 N–H and O–H groups in total. The lowest BCUT2D eigenvalue weighted by atomic mass is 9.78. The number of hydrogen-bond donors (Lipinski definition) is 0. The summed E-state index contributed by atoms with van der Waals surface area (Å²) in [6.45, 7) is 4.90. The van der Waals surface area contributed by atoms with Gasteiger partial charge in [-0.25, -0.2) is 0 Å². The Hall–Kier alpha value is -0.300. The van der Waals surface area contributed by atoms with Crippen LogP contribution in [-0.4, -0.2) is 12.7 Å². The summed E-state index contributed by atoms with van der Waals surface area (Å²) in [4.78, 5) is 0. The highest BCUT2D eigenvalue weighted by atomic mass is 16.6. The van der Waals surface area contributed by atoms with Gasteiger partial charge in [0.2, 0.25) is 0 Å². The van der Waals surface area contributed by atoms with E-state index in [9.17, 15) is 0 Å². The molecule has 0 aromatic heterocycles. The minimum Gasteiger partial charge on any atom is -0.373 e. The molecule has 1 nitrogen and oxygen atoms in total. The van der Waals surface area contributed by atoms with Crippen molar-refractivity contribution in [3.63, 3.8) is 0 Å². The summed E-state index contributed by atoms with van der Waals surface area (Å²) in [6.07, 6.45) is 8.22. The number of rotatable bonds is 2. The molecule has 0 amide bonds. The Kier molecular flexibility index (Phi) is 1.99. The van der Waals surface area contributed by atoms with E-state index in [1.54, 1.807) is 0 Å². The van der Waals surface area contributed by atoms with Crippen LogP contribution in [0.2, 0.25) is 0 Å². The average Bonchev–Trinajstić information content (AvgIpc) is 2.87. The van der Waals surface area contributed by atoms with Crippen LogP contribution in [0.3, 0.4) is 0 Å². The van der Waals surface area contributed by atoms with E-state index < -0.39 is 0 Å². The fourth-order valence-electron chi connectivity index (χ4n) is 2.25. The largest absolute Gasteiger partial charge is 0.373 e. The minimum absolute atomic E-state index is 0.596. The van der Waals surface area contributed by atoms with Crippen molar-refractivity contribution >= 4 is 0 Å². The third kappa shape index (κ3) is 1.48. The first-order valence-corrected chi connectivity index (χ1v) is 4.66. The molecule has 1 saturated carbocycles. The van der Waals surface area contributed by atoms with Gasteiger partial charge in [-0.05, 0) is 24.7 Å². The van der Waals surface area contributed by atoms with E-state index in [0.717, 1.165) is 18.4 Å². The van der Waals surface area contributed by atoms with Gasteiger partial charge in [0, 0.05) is 0 Å². The first-order chi connectivity index (χ1) is 5.42. The second-order valence-corrected chi connectivity index (χ2v) is 3.72. The van der Waals surface area contributed by atoms with Crippen LogP contribution < -0.4 is 0 Å². The fraction of sp³-hybridized carbons (Fsp3) is 0.800. The molecule has 1 aliphatic heterocycles. The smallest absolute Gasteiger partial charge is 0.0843 e. The van der Waals surface area contributed by atoms with E-state index in [4.69, 9.17) is 4.74 Å². The summed E-state index contributed by atoms with van der Waals surface area (Å²) < 4.78 is 5.33. The molecule has 3 atom stereocenters. The molecule has 0 aromatic rings. The van der Waals surface area contributed by atoms with E-state index >= 15 is 0 Å². The van der Waals surface area contributed by atoms with Crippen LogP contribution in [0.1, 0.15) is 25.7 Å². The van der Waals surface area contributed by atoms with Crippen molar-refractivity contribution in [2.75, 3.05) is 6.61 Å². The number of hydrogen-bond acceptors (Lipinski definition) is 1. The van der Waals surface area contributed by atoms with Crippen molar-refractivity contribution in [1.82, 2.24) is 0 Å². The average molecular weight is 152 g/mol. The Morgan fingerprint density at radius 3 is 2.64 bits per heavy atom. The molecule has 2 rings (SSSR count). The Balaban J connectivity index is 1.96. The van der Waals surface area contributed by atoms with Crippen molar-refractivity contribution in [1.29, 1.82) is 0 Å². The van der Waals surface area contributed by atoms with Gasteiger partial charge in [0.15, 0.2) is 0 Å². The summed E-state index contributed by atoms with van der Waals surface area (Å²) in [5, 5.41) is 0. The lowest BCUT2D eigenvalue weighted by Crippen LogP contribution is -2.22. The zero-order valence-corrected chi connectivity index (χ0v) is 6.96.